The van der Waals surface area contributed by atoms with Gasteiger partial charge >= 0.3 is 0 Å². The molecule has 4 heterocycles. The van der Waals surface area contributed by atoms with Gasteiger partial charge in [-0.2, -0.15) is 4.98 Å². The summed E-state index contributed by atoms with van der Waals surface area (Å²) in [4.78, 5) is 35.8. The van der Waals surface area contributed by atoms with Crippen molar-refractivity contribution in [3.05, 3.63) is 63.3 Å². The molecule has 0 unspecified atom stereocenters. The quantitative estimate of drug-likeness (QED) is 0.356. The maximum absolute atomic E-state index is 13.0. The molecule has 9 heteroatoms. The van der Waals surface area contributed by atoms with Crippen LogP contribution in [0.5, 0.6) is 0 Å². The number of nitrogens with zero attached hydrogens (tertiary/aromatic N) is 4. The zero-order valence-electron chi connectivity index (χ0n) is 19.7. The van der Waals surface area contributed by atoms with E-state index in [9.17, 15) is 9.59 Å². The van der Waals surface area contributed by atoms with Crippen molar-refractivity contribution in [2.45, 2.75) is 64.3 Å². The van der Waals surface area contributed by atoms with Gasteiger partial charge in [0.1, 0.15) is 5.82 Å². The summed E-state index contributed by atoms with van der Waals surface area (Å²) in [6.45, 7) is 1.31. The van der Waals surface area contributed by atoms with Crippen LogP contribution in [0.1, 0.15) is 67.0 Å². The summed E-state index contributed by atoms with van der Waals surface area (Å²) in [5.41, 5.74) is 1.14. The zero-order chi connectivity index (χ0) is 24.0. The summed E-state index contributed by atoms with van der Waals surface area (Å²) in [5, 5.41) is 9.58. The summed E-state index contributed by atoms with van der Waals surface area (Å²) in [5.74, 6) is 1.98. The Balaban J connectivity index is 1.12. The van der Waals surface area contributed by atoms with E-state index in [2.05, 4.69) is 15.5 Å². The van der Waals surface area contributed by atoms with Crippen molar-refractivity contribution in [3.63, 3.8) is 0 Å². The highest BCUT2D eigenvalue weighted by molar-refractivity contribution is 7.13. The minimum Gasteiger partial charge on any atom is -0.352 e. The molecule has 5 rings (SSSR count). The SMILES string of the molecule is O=C(NCCCCCc1nc(-c2cccs2)no1)c1ccc2c(=O)n3c(nc2c1)CCCCCC3. The van der Waals surface area contributed by atoms with Gasteiger partial charge in [0.25, 0.3) is 11.5 Å². The average molecular weight is 492 g/mol. The Morgan fingerprint density at radius 2 is 2.00 bits per heavy atom. The van der Waals surface area contributed by atoms with E-state index in [1.807, 2.05) is 22.1 Å². The largest absolute Gasteiger partial charge is 0.352 e. The maximum Gasteiger partial charge on any atom is 0.261 e. The van der Waals surface area contributed by atoms with Crippen molar-refractivity contribution in [1.82, 2.24) is 25.0 Å². The molecule has 1 aromatic carbocycles. The predicted molar refractivity (Wildman–Crippen MR) is 136 cm³/mol. The van der Waals surface area contributed by atoms with Crippen LogP contribution < -0.4 is 10.9 Å². The molecule has 0 radical (unpaired) electrons. The van der Waals surface area contributed by atoms with E-state index in [-0.39, 0.29) is 11.5 Å². The number of hydrogen-bond acceptors (Lipinski definition) is 7. The first kappa shape index (κ1) is 23.4. The van der Waals surface area contributed by atoms with Gasteiger partial charge in [-0.05, 0) is 55.3 Å². The Kier molecular flexibility index (Phi) is 7.32. The topological polar surface area (TPSA) is 103 Å². The number of hydrogen-bond donors (Lipinski definition) is 1. The number of carbonyl (C=O) groups excluding carboxylic acids is 1. The molecule has 1 N–H and O–H groups in total. The number of aromatic nitrogens is 4. The van der Waals surface area contributed by atoms with Crippen molar-refractivity contribution in [2.75, 3.05) is 6.54 Å². The molecule has 1 amide bonds. The number of benzene rings is 1. The lowest BCUT2D eigenvalue weighted by atomic mass is 10.1. The van der Waals surface area contributed by atoms with Gasteiger partial charge in [-0.15, -0.1) is 11.3 Å². The molecule has 0 fully saturated rings. The van der Waals surface area contributed by atoms with Crippen molar-refractivity contribution in [1.29, 1.82) is 0 Å². The fourth-order valence-electron chi connectivity index (χ4n) is 4.48. The number of rotatable bonds is 8. The van der Waals surface area contributed by atoms with Crippen LogP contribution in [0.2, 0.25) is 0 Å². The van der Waals surface area contributed by atoms with Crippen molar-refractivity contribution in [3.8, 4) is 10.7 Å². The minimum atomic E-state index is -0.141. The van der Waals surface area contributed by atoms with Gasteiger partial charge in [0.15, 0.2) is 0 Å². The third-order valence-corrected chi connectivity index (χ3v) is 7.26. The van der Waals surface area contributed by atoms with Crippen molar-refractivity contribution < 1.29 is 9.32 Å². The Labute approximate surface area is 207 Å². The maximum atomic E-state index is 13.0. The highest BCUT2D eigenvalue weighted by Gasteiger charge is 2.15. The monoisotopic (exact) mass is 491 g/mol. The van der Waals surface area contributed by atoms with Crippen LogP contribution in [0.3, 0.4) is 0 Å². The molecule has 0 saturated carbocycles. The number of aryl methyl sites for hydroxylation is 2. The molecule has 0 aliphatic carbocycles. The number of nitrogens with one attached hydrogen (secondary N) is 1. The molecule has 182 valence electrons. The summed E-state index contributed by atoms with van der Waals surface area (Å²) in [6.07, 6.45) is 8.61. The summed E-state index contributed by atoms with van der Waals surface area (Å²) in [6, 6.07) is 9.14. The van der Waals surface area contributed by atoms with Crippen LogP contribution >= 0.6 is 11.3 Å². The molecule has 8 nitrogen and oxygen atoms in total. The van der Waals surface area contributed by atoms with Crippen LogP contribution in [-0.4, -0.2) is 32.1 Å². The molecule has 0 bridgehead atoms. The fourth-order valence-corrected chi connectivity index (χ4v) is 5.13. The Morgan fingerprint density at radius 1 is 1.09 bits per heavy atom. The molecule has 4 aromatic rings. The van der Waals surface area contributed by atoms with Crippen LogP contribution in [0.25, 0.3) is 21.6 Å². The third kappa shape index (κ3) is 5.51. The van der Waals surface area contributed by atoms with E-state index in [0.717, 1.165) is 68.6 Å². The van der Waals surface area contributed by atoms with Crippen LogP contribution in [0.15, 0.2) is 45.0 Å². The summed E-state index contributed by atoms with van der Waals surface area (Å²) >= 11 is 1.59. The minimum absolute atomic E-state index is 0.00242. The molecule has 1 aliphatic rings. The van der Waals surface area contributed by atoms with Crippen LogP contribution in [0, 0.1) is 0 Å². The van der Waals surface area contributed by atoms with Gasteiger partial charge in [0, 0.05) is 31.5 Å². The third-order valence-electron chi connectivity index (χ3n) is 6.39. The average Bonchev–Trinajstić information content (AvgIpc) is 3.54. The zero-order valence-corrected chi connectivity index (χ0v) is 20.5. The first-order valence-electron chi connectivity index (χ1n) is 12.4. The Hall–Kier alpha value is -3.33. The lowest BCUT2D eigenvalue weighted by Gasteiger charge is -2.16. The first-order chi connectivity index (χ1) is 17.2. The van der Waals surface area contributed by atoms with E-state index in [0.29, 0.717) is 34.7 Å². The summed E-state index contributed by atoms with van der Waals surface area (Å²) < 4.78 is 7.15. The highest BCUT2D eigenvalue weighted by atomic mass is 32.1. The molecule has 0 saturated heterocycles. The van der Waals surface area contributed by atoms with Gasteiger partial charge in [0.05, 0.1) is 15.8 Å². The second kappa shape index (κ2) is 10.9. The number of fused-ring (bicyclic) bond motifs is 2. The second-order valence-corrected chi connectivity index (χ2v) is 9.88. The van der Waals surface area contributed by atoms with E-state index in [1.54, 1.807) is 29.5 Å². The van der Waals surface area contributed by atoms with Crippen LogP contribution in [-0.2, 0) is 19.4 Å². The van der Waals surface area contributed by atoms with Gasteiger partial charge in [-0.1, -0.05) is 30.5 Å². The lowest BCUT2D eigenvalue weighted by Crippen LogP contribution is -2.27. The predicted octanol–water partition coefficient (Wildman–Crippen LogP) is 4.77. The fraction of sp³-hybridized carbons (Fsp3) is 0.423. The van der Waals surface area contributed by atoms with E-state index >= 15 is 0 Å². The molecular weight excluding hydrogens is 462 g/mol. The standard InChI is InChI=1S/C26H29N5O3S/c32-25(27-14-6-3-5-11-23-29-24(30-34-23)21-9-8-16-35-21)18-12-13-19-20(17-18)28-22-10-4-1-2-7-15-31(22)26(19)33/h8-9,12-13,16-17H,1-7,10-11,14-15H2,(H,27,32). The number of carbonyl (C=O) groups is 1. The normalized spacial score (nSPS) is 13.8. The number of thiophene rings is 1. The van der Waals surface area contributed by atoms with E-state index < -0.39 is 0 Å². The van der Waals surface area contributed by atoms with Crippen LogP contribution in [0.4, 0.5) is 0 Å². The van der Waals surface area contributed by atoms with Gasteiger partial charge in [0.2, 0.25) is 11.7 Å². The highest BCUT2D eigenvalue weighted by Crippen LogP contribution is 2.22. The van der Waals surface area contributed by atoms with E-state index in [4.69, 9.17) is 9.51 Å². The summed E-state index contributed by atoms with van der Waals surface area (Å²) in [7, 11) is 0. The number of amides is 1. The van der Waals surface area contributed by atoms with Crippen molar-refractivity contribution >= 4 is 28.1 Å². The molecule has 1 aliphatic heterocycles. The molecule has 0 atom stereocenters. The van der Waals surface area contributed by atoms with Gasteiger partial charge in [-0.3, -0.25) is 14.2 Å². The molecule has 0 spiro atoms. The lowest BCUT2D eigenvalue weighted by molar-refractivity contribution is 0.0953. The Morgan fingerprint density at radius 3 is 2.89 bits per heavy atom. The molecule has 35 heavy (non-hydrogen) atoms. The molecule has 3 aromatic heterocycles. The van der Waals surface area contributed by atoms with Gasteiger partial charge < -0.3 is 9.84 Å². The molecular formula is C26H29N5O3S. The first-order valence-corrected chi connectivity index (χ1v) is 13.2. The smallest absolute Gasteiger partial charge is 0.261 e. The second-order valence-electron chi connectivity index (χ2n) is 8.94. The Bertz CT molecular complexity index is 1360. The number of unbranched alkanes of at least 4 members (excludes halogenated alkanes) is 2. The van der Waals surface area contributed by atoms with E-state index in [1.165, 1.54) is 6.42 Å². The van der Waals surface area contributed by atoms with Gasteiger partial charge in [-0.25, -0.2) is 4.98 Å². The van der Waals surface area contributed by atoms with Crippen molar-refractivity contribution in [2.24, 2.45) is 0 Å².